The van der Waals surface area contributed by atoms with Gasteiger partial charge in [0, 0.05) is 25.3 Å². The third kappa shape index (κ3) is 4.11. The number of fused-ring (bicyclic) bond motifs is 1. The van der Waals surface area contributed by atoms with Gasteiger partial charge in [0.15, 0.2) is 11.5 Å². The molecule has 3 heterocycles. The van der Waals surface area contributed by atoms with Crippen molar-refractivity contribution in [2.75, 3.05) is 51.5 Å². The van der Waals surface area contributed by atoms with Crippen LogP contribution in [0.4, 0.5) is 5.69 Å². The van der Waals surface area contributed by atoms with Crippen molar-refractivity contribution in [2.24, 2.45) is 0 Å². The minimum atomic E-state index is -0.650. The van der Waals surface area contributed by atoms with Gasteiger partial charge in [-0.2, -0.15) is 0 Å². The number of nitrogens with zero attached hydrogens (tertiary/aromatic N) is 3. The Morgan fingerprint density at radius 3 is 2.48 bits per heavy atom. The number of piperidine rings is 1. The monoisotopic (exact) mass is 451 g/mol. The predicted octanol–water partition coefficient (Wildman–Crippen LogP) is 2.14. The molecule has 1 spiro atoms. The van der Waals surface area contributed by atoms with Gasteiger partial charge in [0.2, 0.25) is 0 Å². The first-order valence-corrected chi connectivity index (χ1v) is 11.4. The van der Waals surface area contributed by atoms with Gasteiger partial charge in [0.25, 0.3) is 5.91 Å². The Kier molecular flexibility index (Phi) is 5.85. The van der Waals surface area contributed by atoms with Gasteiger partial charge in [-0.15, -0.1) is 0 Å². The van der Waals surface area contributed by atoms with E-state index in [1.807, 2.05) is 54.6 Å². The highest BCUT2D eigenvalue weighted by Gasteiger charge is 2.54. The van der Waals surface area contributed by atoms with Crippen LogP contribution in [0.1, 0.15) is 12.8 Å². The van der Waals surface area contributed by atoms with Crippen molar-refractivity contribution in [1.82, 2.24) is 9.80 Å². The third-order valence-electron chi connectivity index (χ3n) is 6.84. The summed E-state index contributed by atoms with van der Waals surface area (Å²) in [4.78, 5) is 31.6. The molecule has 0 N–H and O–H groups in total. The molecule has 8 heteroatoms. The Morgan fingerprint density at radius 1 is 1.06 bits per heavy atom. The summed E-state index contributed by atoms with van der Waals surface area (Å²) in [7, 11) is 1.35. The van der Waals surface area contributed by atoms with Gasteiger partial charge in [0.1, 0.15) is 24.8 Å². The van der Waals surface area contributed by atoms with E-state index < -0.39 is 11.5 Å². The Bertz CT molecular complexity index is 1010. The smallest absolute Gasteiger partial charge is 0.325 e. The quantitative estimate of drug-likeness (QED) is 0.645. The van der Waals surface area contributed by atoms with E-state index in [4.69, 9.17) is 14.2 Å². The Morgan fingerprint density at radius 2 is 1.76 bits per heavy atom. The molecule has 3 aliphatic heterocycles. The largest absolute Gasteiger partial charge is 0.486 e. The number of para-hydroxylation sites is 3. The molecule has 33 heavy (non-hydrogen) atoms. The molecule has 2 aromatic rings. The molecule has 0 radical (unpaired) electrons. The second-order valence-corrected chi connectivity index (χ2v) is 8.81. The highest BCUT2D eigenvalue weighted by Crippen LogP contribution is 2.40. The number of hydrogen-bond donors (Lipinski definition) is 0. The van der Waals surface area contributed by atoms with E-state index in [0.29, 0.717) is 26.1 Å². The van der Waals surface area contributed by atoms with E-state index in [1.54, 1.807) is 4.90 Å². The van der Waals surface area contributed by atoms with Crippen molar-refractivity contribution >= 4 is 17.6 Å². The number of carbonyl (C=O) groups is 2. The predicted molar refractivity (Wildman–Crippen MR) is 122 cm³/mol. The highest BCUT2D eigenvalue weighted by atomic mass is 16.6. The number of hydrogen-bond acceptors (Lipinski definition) is 7. The number of methoxy groups -OCH3 is 1. The van der Waals surface area contributed by atoms with Crippen LogP contribution in [0, 0.1) is 0 Å². The number of ether oxygens (including phenoxy) is 3. The lowest BCUT2D eigenvalue weighted by molar-refractivity contribution is -0.147. The van der Waals surface area contributed by atoms with Gasteiger partial charge in [0.05, 0.1) is 13.8 Å². The lowest BCUT2D eigenvalue weighted by Crippen LogP contribution is -2.57. The molecule has 174 valence electrons. The molecule has 1 amide bonds. The molecule has 0 saturated carbocycles. The zero-order valence-electron chi connectivity index (χ0n) is 18.8. The summed E-state index contributed by atoms with van der Waals surface area (Å²) in [5, 5.41) is 0. The van der Waals surface area contributed by atoms with Crippen LogP contribution < -0.4 is 14.4 Å². The molecule has 2 aromatic carbocycles. The lowest BCUT2D eigenvalue weighted by atomic mass is 9.85. The van der Waals surface area contributed by atoms with E-state index >= 15 is 0 Å². The van der Waals surface area contributed by atoms with Gasteiger partial charge in [-0.3, -0.25) is 14.5 Å². The Labute approximate surface area is 193 Å². The van der Waals surface area contributed by atoms with Crippen LogP contribution in [0.25, 0.3) is 0 Å². The second-order valence-electron chi connectivity index (χ2n) is 8.81. The summed E-state index contributed by atoms with van der Waals surface area (Å²) < 4.78 is 16.8. The summed E-state index contributed by atoms with van der Waals surface area (Å²) in [6, 6.07) is 17.7. The number of anilines is 1. The van der Waals surface area contributed by atoms with Crippen LogP contribution >= 0.6 is 0 Å². The molecule has 1 unspecified atom stereocenters. The molecule has 5 rings (SSSR count). The zero-order valence-corrected chi connectivity index (χ0v) is 18.8. The van der Waals surface area contributed by atoms with Crippen LogP contribution in [-0.2, 0) is 14.3 Å². The van der Waals surface area contributed by atoms with Crippen LogP contribution in [-0.4, -0.2) is 79.9 Å². The first-order valence-electron chi connectivity index (χ1n) is 11.4. The number of benzene rings is 2. The van der Waals surface area contributed by atoms with Gasteiger partial charge in [-0.1, -0.05) is 30.3 Å². The molecule has 2 saturated heterocycles. The summed E-state index contributed by atoms with van der Waals surface area (Å²) in [6.45, 7) is 3.15. The van der Waals surface area contributed by atoms with Crippen molar-refractivity contribution < 1.29 is 23.8 Å². The first kappa shape index (κ1) is 21.6. The molecule has 2 fully saturated rings. The standard InChI is InChI=1S/C25H29N3O5/c1-31-23(29)16-27-18-28(19-7-3-2-4-8-19)25(24(27)30)11-13-26(14-12-25)15-20-17-32-21-9-5-6-10-22(21)33-20/h2-10,20H,11-18H2,1H3. The van der Waals surface area contributed by atoms with E-state index in [0.717, 1.165) is 36.8 Å². The average molecular weight is 452 g/mol. The normalized spacial score (nSPS) is 22.0. The fourth-order valence-corrected chi connectivity index (χ4v) is 5.09. The maximum atomic E-state index is 13.6. The van der Waals surface area contributed by atoms with Crippen molar-refractivity contribution in [1.29, 1.82) is 0 Å². The summed E-state index contributed by atoms with van der Waals surface area (Å²) in [5.74, 6) is 1.16. The van der Waals surface area contributed by atoms with Crippen LogP contribution in [0.2, 0.25) is 0 Å². The summed E-state index contributed by atoms with van der Waals surface area (Å²) >= 11 is 0. The van der Waals surface area contributed by atoms with Crippen molar-refractivity contribution in [3.8, 4) is 11.5 Å². The fraction of sp³-hybridized carbons (Fsp3) is 0.440. The van der Waals surface area contributed by atoms with Gasteiger partial charge in [-0.05, 0) is 37.1 Å². The number of rotatable bonds is 5. The second kappa shape index (κ2) is 8.94. The molecular formula is C25H29N3O5. The summed E-state index contributed by atoms with van der Waals surface area (Å²) in [5.41, 5.74) is 0.342. The van der Waals surface area contributed by atoms with Crippen LogP contribution in [0.15, 0.2) is 54.6 Å². The molecule has 8 nitrogen and oxygen atoms in total. The third-order valence-corrected chi connectivity index (χ3v) is 6.84. The maximum Gasteiger partial charge on any atom is 0.325 e. The molecular weight excluding hydrogens is 422 g/mol. The van der Waals surface area contributed by atoms with E-state index in [2.05, 4.69) is 9.80 Å². The number of amides is 1. The molecule has 0 aliphatic carbocycles. The van der Waals surface area contributed by atoms with E-state index in [1.165, 1.54) is 7.11 Å². The SMILES string of the molecule is COC(=O)CN1CN(c2ccccc2)C2(CCN(CC3COc4ccccc4O3)CC2)C1=O. The molecule has 1 atom stereocenters. The first-order chi connectivity index (χ1) is 16.1. The van der Waals surface area contributed by atoms with Gasteiger partial charge in [-0.25, -0.2) is 0 Å². The van der Waals surface area contributed by atoms with Crippen molar-refractivity contribution in [3.63, 3.8) is 0 Å². The Balaban J connectivity index is 1.28. The highest BCUT2D eigenvalue weighted by molar-refractivity contribution is 5.95. The summed E-state index contributed by atoms with van der Waals surface area (Å²) in [6.07, 6.45) is 1.32. The van der Waals surface area contributed by atoms with Crippen molar-refractivity contribution in [3.05, 3.63) is 54.6 Å². The molecule has 0 bridgehead atoms. The van der Waals surface area contributed by atoms with E-state index in [-0.39, 0.29) is 18.6 Å². The van der Waals surface area contributed by atoms with Crippen LogP contribution in [0.5, 0.6) is 11.5 Å². The maximum absolute atomic E-state index is 13.6. The number of esters is 1. The lowest BCUT2D eigenvalue weighted by Gasteiger charge is -2.44. The van der Waals surface area contributed by atoms with E-state index in [9.17, 15) is 9.59 Å². The zero-order chi connectivity index (χ0) is 22.8. The van der Waals surface area contributed by atoms with Crippen LogP contribution in [0.3, 0.4) is 0 Å². The fourth-order valence-electron chi connectivity index (χ4n) is 5.09. The topological polar surface area (TPSA) is 71.6 Å². The molecule has 0 aromatic heterocycles. The number of carbonyl (C=O) groups excluding carboxylic acids is 2. The number of likely N-dealkylation sites (tertiary alicyclic amines) is 1. The average Bonchev–Trinajstić information content (AvgIpc) is 3.12. The Hall–Kier alpha value is -3.26. The minimum absolute atomic E-state index is 0.00239. The van der Waals surface area contributed by atoms with Crippen molar-refractivity contribution in [2.45, 2.75) is 24.5 Å². The van der Waals surface area contributed by atoms with Gasteiger partial charge >= 0.3 is 5.97 Å². The minimum Gasteiger partial charge on any atom is -0.486 e. The van der Waals surface area contributed by atoms with Gasteiger partial charge < -0.3 is 24.0 Å². The molecule has 3 aliphatic rings.